The predicted octanol–water partition coefficient (Wildman–Crippen LogP) is -0.648. The molecule has 1 aromatic rings. The zero-order chi connectivity index (χ0) is 10.7. The van der Waals surface area contributed by atoms with Gasteiger partial charge in [-0.25, -0.2) is 0 Å². The van der Waals surface area contributed by atoms with Crippen molar-refractivity contribution >= 4 is 5.91 Å². The summed E-state index contributed by atoms with van der Waals surface area (Å²) in [7, 11) is 0. The van der Waals surface area contributed by atoms with Crippen LogP contribution in [0.1, 0.15) is 11.8 Å². The molecule has 0 aromatic carbocycles. The van der Waals surface area contributed by atoms with E-state index in [1.165, 1.54) is 0 Å². The Kier molecular flexibility index (Phi) is 2.96. The normalized spacial score (nSPS) is 16.7. The summed E-state index contributed by atoms with van der Waals surface area (Å²) in [4.78, 5) is 13.6. The van der Waals surface area contributed by atoms with E-state index in [9.17, 15) is 4.79 Å². The molecule has 1 aliphatic rings. The average molecular weight is 210 g/mol. The number of rotatable bonds is 2. The van der Waals surface area contributed by atoms with Crippen LogP contribution in [-0.4, -0.2) is 47.2 Å². The van der Waals surface area contributed by atoms with Gasteiger partial charge in [0, 0.05) is 33.1 Å². The zero-order valence-corrected chi connectivity index (χ0v) is 8.69. The van der Waals surface area contributed by atoms with Gasteiger partial charge in [0.05, 0.1) is 0 Å². The van der Waals surface area contributed by atoms with Crippen molar-refractivity contribution in [1.82, 2.24) is 20.4 Å². The fourth-order valence-electron chi connectivity index (χ4n) is 1.56. The molecule has 82 valence electrons. The van der Waals surface area contributed by atoms with Gasteiger partial charge in [-0.05, 0) is 0 Å². The molecule has 1 amide bonds. The summed E-state index contributed by atoms with van der Waals surface area (Å²) in [6.45, 7) is 4.94. The maximum Gasteiger partial charge on any atom is 0.232 e. The zero-order valence-electron chi connectivity index (χ0n) is 8.69. The first kappa shape index (κ1) is 10.1. The second-order valence-corrected chi connectivity index (χ2v) is 3.52. The van der Waals surface area contributed by atoms with Gasteiger partial charge >= 0.3 is 0 Å². The summed E-state index contributed by atoms with van der Waals surface area (Å²) in [6.07, 6.45) is 0.209. The molecule has 1 N–H and O–H groups in total. The Morgan fingerprint density at radius 2 is 2.20 bits per heavy atom. The molecule has 0 radical (unpaired) electrons. The van der Waals surface area contributed by atoms with Crippen LogP contribution in [0.5, 0.6) is 0 Å². The summed E-state index contributed by atoms with van der Waals surface area (Å²) in [5.74, 6) is 0.953. The number of nitrogens with one attached hydrogen (secondary N) is 1. The van der Waals surface area contributed by atoms with E-state index in [1.54, 1.807) is 6.92 Å². The maximum absolute atomic E-state index is 11.7. The predicted molar refractivity (Wildman–Crippen MR) is 52.2 cm³/mol. The smallest absolute Gasteiger partial charge is 0.232 e. The molecule has 2 heterocycles. The fourth-order valence-corrected chi connectivity index (χ4v) is 1.56. The monoisotopic (exact) mass is 210 g/mol. The van der Waals surface area contributed by atoms with Crippen molar-refractivity contribution in [2.45, 2.75) is 13.3 Å². The third-order valence-corrected chi connectivity index (χ3v) is 2.34. The van der Waals surface area contributed by atoms with Gasteiger partial charge in [0.1, 0.15) is 6.42 Å². The first-order valence-electron chi connectivity index (χ1n) is 5.03. The van der Waals surface area contributed by atoms with Crippen LogP contribution in [0.2, 0.25) is 0 Å². The minimum absolute atomic E-state index is 0.0557. The Bertz CT molecular complexity index is 344. The lowest BCUT2D eigenvalue weighted by atomic mass is 10.3. The van der Waals surface area contributed by atoms with E-state index in [2.05, 4.69) is 15.5 Å². The van der Waals surface area contributed by atoms with Crippen molar-refractivity contribution in [3.8, 4) is 0 Å². The summed E-state index contributed by atoms with van der Waals surface area (Å²) in [5, 5.41) is 10.7. The van der Waals surface area contributed by atoms with Crippen LogP contribution < -0.4 is 5.32 Å². The molecule has 1 aliphatic heterocycles. The highest BCUT2D eigenvalue weighted by molar-refractivity contribution is 5.77. The van der Waals surface area contributed by atoms with Crippen LogP contribution in [0.4, 0.5) is 0 Å². The maximum atomic E-state index is 11.7. The van der Waals surface area contributed by atoms with Crippen molar-refractivity contribution < 1.29 is 9.21 Å². The minimum Gasteiger partial charge on any atom is -0.425 e. The Balaban J connectivity index is 1.91. The van der Waals surface area contributed by atoms with Crippen molar-refractivity contribution in [2.75, 3.05) is 26.2 Å². The quantitative estimate of drug-likeness (QED) is 0.702. The van der Waals surface area contributed by atoms with E-state index in [0.717, 1.165) is 26.2 Å². The lowest BCUT2D eigenvalue weighted by Crippen LogP contribution is -2.46. The molecule has 1 saturated heterocycles. The lowest BCUT2D eigenvalue weighted by Gasteiger charge is -2.26. The summed E-state index contributed by atoms with van der Waals surface area (Å²) in [5.41, 5.74) is 0. The molecule has 6 heteroatoms. The van der Waals surface area contributed by atoms with Gasteiger partial charge in [-0.3, -0.25) is 4.79 Å². The Hall–Kier alpha value is -1.43. The van der Waals surface area contributed by atoms with Crippen LogP contribution >= 0.6 is 0 Å². The van der Waals surface area contributed by atoms with Crippen LogP contribution in [0.3, 0.4) is 0 Å². The SMILES string of the molecule is Cc1nnc(CC(=O)N2CCNCC2)o1. The van der Waals surface area contributed by atoms with Crippen molar-refractivity contribution in [2.24, 2.45) is 0 Å². The third kappa shape index (κ3) is 2.53. The fraction of sp³-hybridized carbons (Fsp3) is 0.667. The minimum atomic E-state index is 0.0557. The largest absolute Gasteiger partial charge is 0.425 e. The number of nitrogens with zero attached hydrogens (tertiary/aromatic N) is 3. The first-order valence-corrected chi connectivity index (χ1v) is 5.03. The molecule has 2 rings (SSSR count). The van der Waals surface area contributed by atoms with Crippen LogP contribution in [0.25, 0.3) is 0 Å². The third-order valence-electron chi connectivity index (χ3n) is 2.34. The molecule has 6 nitrogen and oxygen atoms in total. The van der Waals surface area contributed by atoms with Crippen molar-refractivity contribution in [3.05, 3.63) is 11.8 Å². The van der Waals surface area contributed by atoms with Crippen molar-refractivity contribution in [3.63, 3.8) is 0 Å². The van der Waals surface area contributed by atoms with E-state index in [1.807, 2.05) is 4.90 Å². The first-order chi connectivity index (χ1) is 7.25. The second kappa shape index (κ2) is 4.39. The van der Waals surface area contributed by atoms with E-state index in [4.69, 9.17) is 4.42 Å². The van der Waals surface area contributed by atoms with E-state index in [0.29, 0.717) is 11.8 Å². The molecule has 0 saturated carbocycles. The number of amides is 1. The van der Waals surface area contributed by atoms with Gasteiger partial charge in [-0.1, -0.05) is 0 Å². The van der Waals surface area contributed by atoms with E-state index >= 15 is 0 Å². The standard InChI is InChI=1S/C9H14N4O2/c1-7-11-12-8(15-7)6-9(14)13-4-2-10-3-5-13/h10H,2-6H2,1H3. The number of hydrogen-bond acceptors (Lipinski definition) is 5. The number of piperazine rings is 1. The molecule has 15 heavy (non-hydrogen) atoms. The molecule has 0 bridgehead atoms. The molecule has 0 unspecified atom stereocenters. The second-order valence-electron chi connectivity index (χ2n) is 3.52. The highest BCUT2D eigenvalue weighted by atomic mass is 16.4. The molecule has 0 spiro atoms. The van der Waals surface area contributed by atoms with Gasteiger partial charge in [0.25, 0.3) is 0 Å². The number of aryl methyl sites for hydroxylation is 1. The van der Waals surface area contributed by atoms with Gasteiger partial charge in [-0.2, -0.15) is 0 Å². The molecular weight excluding hydrogens is 196 g/mol. The van der Waals surface area contributed by atoms with E-state index in [-0.39, 0.29) is 12.3 Å². The number of aromatic nitrogens is 2. The Labute approximate surface area is 87.7 Å². The number of hydrogen-bond donors (Lipinski definition) is 1. The number of carbonyl (C=O) groups excluding carboxylic acids is 1. The summed E-state index contributed by atoms with van der Waals surface area (Å²) < 4.78 is 5.16. The van der Waals surface area contributed by atoms with Gasteiger partial charge in [0.2, 0.25) is 17.7 Å². The highest BCUT2D eigenvalue weighted by Crippen LogP contribution is 2.02. The molecule has 1 fully saturated rings. The van der Waals surface area contributed by atoms with Crippen LogP contribution in [0, 0.1) is 6.92 Å². The Morgan fingerprint density at radius 1 is 1.47 bits per heavy atom. The molecule has 1 aromatic heterocycles. The molecule has 0 aliphatic carbocycles. The van der Waals surface area contributed by atoms with Gasteiger partial charge < -0.3 is 14.6 Å². The summed E-state index contributed by atoms with van der Waals surface area (Å²) in [6, 6.07) is 0. The van der Waals surface area contributed by atoms with E-state index < -0.39 is 0 Å². The molecule has 0 atom stereocenters. The number of carbonyl (C=O) groups is 1. The highest BCUT2D eigenvalue weighted by Gasteiger charge is 2.18. The lowest BCUT2D eigenvalue weighted by molar-refractivity contribution is -0.131. The molecular formula is C9H14N4O2. The Morgan fingerprint density at radius 3 is 2.80 bits per heavy atom. The summed E-state index contributed by atoms with van der Waals surface area (Å²) >= 11 is 0. The van der Waals surface area contributed by atoms with Gasteiger partial charge in [-0.15, -0.1) is 10.2 Å². The van der Waals surface area contributed by atoms with Crippen molar-refractivity contribution in [1.29, 1.82) is 0 Å². The topological polar surface area (TPSA) is 71.3 Å². The van der Waals surface area contributed by atoms with Crippen LogP contribution in [-0.2, 0) is 11.2 Å². The average Bonchev–Trinajstić information content (AvgIpc) is 2.65. The van der Waals surface area contributed by atoms with Crippen LogP contribution in [0.15, 0.2) is 4.42 Å². The van der Waals surface area contributed by atoms with Gasteiger partial charge in [0.15, 0.2) is 0 Å².